The molecule has 0 aromatic heterocycles. The zero-order chi connectivity index (χ0) is 31.0. The zero-order valence-corrected chi connectivity index (χ0v) is 25.0. The normalized spacial score (nSPS) is 18.1. The molecule has 0 bridgehead atoms. The summed E-state index contributed by atoms with van der Waals surface area (Å²) < 4.78 is 15.4. The molecule has 4 atom stereocenters. The van der Waals surface area contributed by atoms with Crippen molar-refractivity contribution in [3.8, 4) is 11.8 Å². The van der Waals surface area contributed by atoms with Gasteiger partial charge >= 0.3 is 12.1 Å². The quantitative estimate of drug-likeness (QED) is 0.132. The van der Waals surface area contributed by atoms with Crippen LogP contribution in [0.2, 0.25) is 0 Å². The van der Waals surface area contributed by atoms with E-state index in [1.165, 1.54) is 19.4 Å². The third-order valence-corrected chi connectivity index (χ3v) is 5.99. The number of ether oxygens (including phenoxy) is 3. The lowest BCUT2D eigenvalue weighted by Gasteiger charge is -2.29. The Morgan fingerprint density at radius 2 is 1.93 bits per heavy atom. The number of nitrogens with two attached hydrogens (primary N) is 1. The van der Waals surface area contributed by atoms with Crippen molar-refractivity contribution < 1.29 is 33.4 Å². The largest absolute Gasteiger partial charge is 0.490 e. The minimum Gasteiger partial charge on any atom is -0.490 e. The fraction of sp³-hybridized carbons (Fsp3) is 0.484. The van der Waals surface area contributed by atoms with Crippen LogP contribution in [0.1, 0.15) is 60.8 Å². The van der Waals surface area contributed by atoms with Crippen LogP contribution in [0, 0.1) is 23.2 Å². The van der Waals surface area contributed by atoms with Crippen molar-refractivity contribution >= 4 is 23.9 Å². The van der Waals surface area contributed by atoms with Crippen LogP contribution in [-0.4, -0.2) is 49.2 Å². The Labute approximate surface area is 243 Å². The van der Waals surface area contributed by atoms with E-state index in [0.717, 1.165) is 5.57 Å². The molecule has 0 saturated heterocycles. The Bertz CT molecular complexity index is 1150. The van der Waals surface area contributed by atoms with E-state index in [-0.39, 0.29) is 17.8 Å². The molecule has 4 N–H and O–H groups in total. The summed E-state index contributed by atoms with van der Waals surface area (Å²) in [5.41, 5.74) is 5.46. The summed E-state index contributed by atoms with van der Waals surface area (Å²) in [6.07, 6.45) is 12.8. The molecular formula is C31H43N3O7. The summed E-state index contributed by atoms with van der Waals surface area (Å²) >= 11 is 0. The highest BCUT2D eigenvalue weighted by molar-refractivity contribution is 5.93. The van der Waals surface area contributed by atoms with E-state index >= 15 is 0 Å². The molecular weight excluding hydrogens is 526 g/mol. The number of nitrogens with one attached hydrogen (secondary N) is 2. The van der Waals surface area contributed by atoms with Crippen molar-refractivity contribution in [2.45, 2.75) is 79.1 Å². The monoisotopic (exact) mass is 569 g/mol. The van der Waals surface area contributed by atoms with E-state index in [1.807, 2.05) is 46.8 Å². The second-order valence-electron chi connectivity index (χ2n) is 10.6. The first kappa shape index (κ1) is 34.8. The standard InChI is InChI=1S/C31H43N3O7/c1-8-9-14-23(40-30(32)38)15-12-19-33-28(36)27(31(4,5)6)34-26(35)16-11-10-13-21(2)20-22(3)24-17-18-25(39-7)29(37)41-24/h10-13,16,18-20,22-24,27H,14-15,17H2,1-7H3,(H2,32,38)(H,33,36)(H,34,35)/b13-10-,16-11-,19-12-,21-20+/t22-,23-,24-,27+/m0/s1. The van der Waals surface area contributed by atoms with Crippen LogP contribution >= 0.6 is 0 Å². The molecule has 0 aromatic rings. The number of cyclic esters (lactones) is 1. The topological polar surface area (TPSA) is 146 Å². The van der Waals surface area contributed by atoms with Gasteiger partial charge in [-0.1, -0.05) is 69.6 Å². The van der Waals surface area contributed by atoms with Crippen molar-refractivity contribution in [1.29, 1.82) is 0 Å². The van der Waals surface area contributed by atoms with Gasteiger partial charge in [0, 0.05) is 31.3 Å². The molecule has 1 heterocycles. The Morgan fingerprint density at radius 1 is 1.24 bits per heavy atom. The number of methoxy groups -OCH3 is 1. The lowest BCUT2D eigenvalue weighted by molar-refractivity contribution is -0.151. The molecule has 0 aliphatic carbocycles. The molecule has 0 aromatic carbocycles. The number of carbonyl (C=O) groups is 4. The number of rotatable bonds is 13. The highest BCUT2D eigenvalue weighted by atomic mass is 16.6. The number of carbonyl (C=O) groups excluding carboxylic acids is 4. The predicted octanol–water partition coefficient (Wildman–Crippen LogP) is 3.96. The Kier molecular flexibility index (Phi) is 14.8. The Hall–Kier alpha value is -4.26. The minimum absolute atomic E-state index is 0.0165. The number of hydrogen-bond donors (Lipinski definition) is 3. The highest BCUT2D eigenvalue weighted by Gasteiger charge is 2.32. The van der Waals surface area contributed by atoms with E-state index in [2.05, 4.69) is 22.5 Å². The molecule has 41 heavy (non-hydrogen) atoms. The minimum atomic E-state index is -0.893. The molecule has 0 saturated carbocycles. The first-order valence-corrected chi connectivity index (χ1v) is 13.4. The molecule has 0 fully saturated rings. The smallest absolute Gasteiger partial charge is 0.404 e. The van der Waals surface area contributed by atoms with Gasteiger partial charge in [-0.2, -0.15) is 0 Å². The second kappa shape index (κ2) is 17.4. The SMILES string of the molecule is CC#CC[C@@H](C/C=C\NC(=O)[C@@H](NC(=O)\C=C/C=C\C(C)=C\[C@H](C)[C@@H]1CC=C(OC)C(=O)O1)C(C)(C)C)OC(N)=O. The van der Waals surface area contributed by atoms with Crippen molar-refractivity contribution in [3.63, 3.8) is 0 Å². The first-order chi connectivity index (χ1) is 19.3. The number of primary amides is 1. The molecule has 10 heteroatoms. The van der Waals surface area contributed by atoms with Gasteiger partial charge in [0.2, 0.25) is 11.8 Å². The van der Waals surface area contributed by atoms with Crippen molar-refractivity contribution in [2.24, 2.45) is 17.1 Å². The van der Waals surface area contributed by atoms with Gasteiger partial charge in [-0.05, 0) is 31.5 Å². The summed E-state index contributed by atoms with van der Waals surface area (Å²) in [6.45, 7) is 11.1. The molecule has 0 spiro atoms. The average molecular weight is 570 g/mol. The first-order valence-electron chi connectivity index (χ1n) is 13.4. The van der Waals surface area contributed by atoms with Crippen LogP contribution in [0.5, 0.6) is 0 Å². The van der Waals surface area contributed by atoms with Crippen LogP contribution in [-0.2, 0) is 28.6 Å². The van der Waals surface area contributed by atoms with E-state index in [1.54, 1.807) is 31.2 Å². The molecule has 3 amide bonds. The second-order valence-corrected chi connectivity index (χ2v) is 10.6. The summed E-state index contributed by atoms with van der Waals surface area (Å²) in [5.74, 6) is 4.48. The van der Waals surface area contributed by atoms with Crippen molar-refractivity contribution in [1.82, 2.24) is 10.6 Å². The van der Waals surface area contributed by atoms with Gasteiger partial charge < -0.3 is 30.6 Å². The van der Waals surface area contributed by atoms with Gasteiger partial charge in [-0.25, -0.2) is 9.59 Å². The van der Waals surface area contributed by atoms with Gasteiger partial charge in [-0.3, -0.25) is 9.59 Å². The van der Waals surface area contributed by atoms with Crippen LogP contribution in [0.25, 0.3) is 0 Å². The van der Waals surface area contributed by atoms with E-state index < -0.39 is 41.4 Å². The van der Waals surface area contributed by atoms with Crippen LogP contribution < -0.4 is 16.4 Å². The van der Waals surface area contributed by atoms with Crippen LogP contribution in [0.15, 0.2) is 60.1 Å². The molecule has 10 nitrogen and oxygen atoms in total. The highest BCUT2D eigenvalue weighted by Crippen LogP contribution is 2.23. The maximum atomic E-state index is 12.8. The third kappa shape index (κ3) is 13.6. The van der Waals surface area contributed by atoms with Gasteiger partial charge in [0.1, 0.15) is 18.2 Å². The molecule has 1 aliphatic heterocycles. The fourth-order valence-electron chi connectivity index (χ4n) is 3.83. The van der Waals surface area contributed by atoms with Crippen molar-refractivity contribution in [2.75, 3.05) is 7.11 Å². The number of allylic oxidation sites excluding steroid dienone is 4. The zero-order valence-electron chi connectivity index (χ0n) is 25.0. The number of hydrogen-bond acceptors (Lipinski definition) is 7. The fourth-order valence-corrected chi connectivity index (χ4v) is 3.83. The molecule has 1 rings (SSSR count). The van der Waals surface area contributed by atoms with Crippen LogP contribution in [0.4, 0.5) is 4.79 Å². The average Bonchev–Trinajstić information content (AvgIpc) is 2.89. The predicted molar refractivity (Wildman–Crippen MR) is 157 cm³/mol. The van der Waals surface area contributed by atoms with Gasteiger partial charge in [0.25, 0.3) is 0 Å². The van der Waals surface area contributed by atoms with E-state index in [0.29, 0.717) is 19.3 Å². The molecule has 0 radical (unpaired) electrons. The summed E-state index contributed by atoms with van der Waals surface area (Å²) in [6, 6.07) is -0.815. The van der Waals surface area contributed by atoms with Gasteiger partial charge in [0.05, 0.1) is 7.11 Å². The molecule has 0 unspecified atom stereocenters. The maximum absolute atomic E-state index is 12.8. The Morgan fingerprint density at radius 3 is 2.51 bits per heavy atom. The lowest BCUT2D eigenvalue weighted by Crippen LogP contribution is -2.52. The van der Waals surface area contributed by atoms with Gasteiger partial charge in [0.15, 0.2) is 5.76 Å². The summed E-state index contributed by atoms with van der Waals surface area (Å²) in [7, 11) is 1.43. The van der Waals surface area contributed by atoms with Crippen molar-refractivity contribution in [3.05, 3.63) is 60.1 Å². The van der Waals surface area contributed by atoms with E-state index in [9.17, 15) is 19.2 Å². The maximum Gasteiger partial charge on any atom is 0.404 e. The van der Waals surface area contributed by atoms with Gasteiger partial charge in [-0.15, -0.1) is 5.92 Å². The summed E-state index contributed by atoms with van der Waals surface area (Å²) in [4.78, 5) is 48.3. The number of amides is 3. The van der Waals surface area contributed by atoms with Crippen LogP contribution in [0.3, 0.4) is 0 Å². The number of esters is 1. The summed E-state index contributed by atoms with van der Waals surface area (Å²) in [5, 5.41) is 5.41. The molecule has 1 aliphatic rings. The lowest BCUT2D eigenvalue weighted by atomic mass is 9.86. The van der Waals surface area contributed by atoms with E-state index in [4.69, 9.17) is 19.9 Å². The Balaban J connectivity index is 2.69. The third-order valence-electron chi connectivity index (χ3n) is 5.99. The molecule has 224 valence electrons.